The molecular formula is C28H33F3NO4+. The molecule has 5 nitrogen and oxygen atoms in total. The van der Waals surface area contributed by atoms with Crippen LogP contribution in [0.4, 0.5) is 13.2 Å². The number of quaternary nitrogens is 1. The fourth-order valence-corrected chi connectivity index (χ4v) is 4.98. The van der Waals surface area contributed by atoms with E-state index in [4.69, 9.17) is 9.15 Å². The predicted molar refractivity (Wildman–Crippen MR) is 132 cm³/mol. The lowest BCUT2D eigenvalue weighted by Gasteiger charge is -2.32. The van der Waals surface area contributed by atoms with Gasteiger partial charge in [-0.3, -0.25) is 4.79 Å². The molecule has 0 spiro atoms. The fourth-order valence-electron chi connectivity index (χ4n) is 4.98. The number of rotatable bonds is 5. The lowest BCUT2D eigenvalue weighted by atomic mass is 9.87. The number of ether oxygens (including phenoxy) is 1. The van der Waals surface area contributed by atoms with E-state index in [0.717, 1.165) is 37.8 Å². The van der Waals surface area contributed by atoms with Crippen molar-refractivity contribution in [3.8, 4) is 17.2 Å². The van der Waals surface area contributed by atoms with Gasteiger partial charge in [0.1, 0.15) is 18.0 Å². The van der Waals surface area contributed by atoms with Crippen molar-refractivity contribution >= 4 is 11.0 Å². The summed E-state index contributed by atoms with van der Waals surface area (Å²) in [4.78, 5) is 14.5. The van der Waals surface area contributed by atoms with Gasteiger partial charge in [-0.1, -0.05) is 39.8 Å². The minimum Gasteiger partial charge on any atom is -0.507 e. The summed E-state index contributed by atoms with van der Waals surface area (Å²) in [5.41, 5.74) is -0.127. The normalized spacial score (nSPS) is 19.0. The van der Waals surface area contributed by atoms with Crippen LogP contribution in [0.1, 0.15) is 70.3 Å². The van der Waals surface area contributed by atoms with E-state index < -0.39 is 23.1 Å². The number of hydrogen-bond donors (Lipinski definition) is 2. The number of piperidine rings is 1. The van der Waals surface area contributed by atoms with E-state index in [1.54, 1.807) is 12.1 Å². The summed E-state index contributed by atoms with van der Waals surface area (Å²) < 4.78 is 53.2. The molecule has 36 heavy (non-hydrogen) atoms. The van der Waals surface area contributed by atoms with Gasteiger partial charge < -0.3 is 19.2 Å². The third-order valence-corrected chi connectivity index (χ3v) is 7.07. The smallest absolute Gasteiger partial charge is 0.453 e. The van der Waals surface area contributed by atoms with Crippen molar-refractivity contribution in [2.75, 3.05) is 6.54 Å². The molecular weight excluding hydrogens is 471 g/mol. The molecule has 1 aliphatic rings. The second kappa shape index (κ2) is 9.81. The summed E-state index contributed by atoms with van der Waals surface area (Å²) >= 11 is 0. The van der Waals surface area contributed by atoms with Gasteiger partial charge in [-0.15, -0.1) is 0 Å². The highest BCUT2D eigenvalue weighted by molar-refractivity contribution is 5.83. The van der Waals surface area contributed by atoms with E-state index in [1.165, 1.54) is 29.2 Å². The minimum atomic E-state index is -4.97. The van der Waals surface area contributed by atoms with E-state index in [0.29, 0.717) is 6.04 Å². The Hall–Kier alpha value is -3.00. The zero-order valence-electron chi connectivity index (χ0n) is 21.1. The highest BCUT2D eigenvalue weighted by Crippen LogP contribution is 2.40. The second-order valence-corrected chi connectivity index (χ2v) is 10.6. The van der Waals surface area contributed by atoms with Crippen LogP contribution in [0.5, 0.6) is 17.2 Å². The molecule has 194 valence electrons. The molecule has 2 atom stereocenters. The summed E-state index contributed by atoms with van der Waals surface area (Å²) in [7, 11) is 0. The molecule has 2 aromatic carbocycles. The lowest BCUT2D eigenvalue weighted by Crippen LogP contribution is -3.15. The molecule has 3 aromatic rings. The van der Waals surface area contributed by atoms with E-state index in [-0.39, 0.29) is 40.0 Å². The zero-order valence-corrected chi connectivity index (χ0v) is 21.1. The summed E-state index contributed by atoms with van der Waals surface area (Å²) in [6.45, 7) is 9.25. The Kier molecular flexibility index (Phi) is 7.10. The van der Waals surface area contributed by atoms with Crippen LogP contribution in [-0.4, -0.2) is 17.7 Å². The van der Waals surface area contributed by atoms with Crippen LogP contribution >= 0.6 is 0 Å². The van der Waals surface area contributed by atoms with Gasteiger partial charge in [-0.2, -0.15) is 13.2 Å². The second-order valence-electron chi connectivity index (χ2n) is 10.6. The molecule has 2 N–H and O–H groups in total. The maximum atomic E-state index is 14.1. The van der Waals surface area contributed by atoms with Gasteiger partial charge in [0.25, 0.3) is 5.76 Å². The van der Waals surface area contributed by atoms with Crippen molar-refractivity contribution in [1.29, 1.82) is 0 Å². The van der Waals surface area contributed by atoms with Crippen LogP contribution in [0.3, 0.4) is 0 Å². The molecule has 4 rings (SSSR count). The minimum absolute atomic E-state index is 0.0541. The van der Waals surface area contributed by atoms with Gasteiger partial charge in [-0.25, -0.2) is 0 Å². The number of phenols is 1. The van der Waals surface area contributed by atoms with Crippen molar-refractivity contribution in [3.63, 3.8) is 0 Å². The van der Waals surface area contributed by atoms with Crippen molar-refractivity contribution in [2.45, 2.75) is 77.6 Å². The summed E-state index contributed by atoms with van der Waals surface area (Å²) in [6.07, 6.45) is -0.929. The number of phenolic OH excluding ortho intramolecular Hbond substituents is 1. The Morgan fingerprint density at radius 1 is 1.08 bits per heavy atom. The first kappa shape index (κ1) is 26.1. The van der Waals surface area contributed by atoms with Crippen LogP contribution in [0.2, 0.25) is 0 Å². The molecule has 0 bridgehead atoms. The number of halogens is 3. The Morgan fingerprint density at radius 3 is 2.39 bits per heavy atom. The fraction of sp³-hybridized carbons (Fsp3) is 0.464. The monoisotopic (exact) mass is 504 g/mol. The molecule has 0 radical (unpaired) electrons. The van der Waals surface area contributed by atoms with E-state index in [9.17, 15) is 23.1 Å². The van der Waals surface area contributed by atoms with Crippen molar-refractivity contribution in [1.82, 2.24) is 0 Å². The Labute approximate surface area is 208 Å². The van der Waals surface area contributed by atoms with Crippen LogP contribution in [0, 0.1) is 0 Å². The van der Waals surface area contributed by atoms with E-state index >= 15 is 0 Å². The molecule has 1 unspecified atom stereocenters. The number of hydrogen-bond acceptors (Lipinski definition) is 4. The largest absolute Gasteiger partial charge is 0.507 e. The molecule has 2 heterocycles. The molecule has 8 heteroatoms. The van der Waals surface area contributed by atoms with Crippen LogP contribution in [0.15, 0.2) is 45.6 Å². The first-order valence-corrected chi connectivity index (χ1v) is 12.4. The highest BCUT2D eigenvalue weighted by Gasteiger charge is 2.41. The third kappa shape index (κ3) is 5.24. The quantitative estimate of drug-likeness (QED) is 0.451. The van der Waals surface area contributed by atoms with Gasteiger partial charge in [0, 0.05) is 0 Å². The molecule has 0 amide bonds. The maximum absolute atomic E-state index is 14.1. The molecule has 1 fully saturated rings. The average Bonchev–Trinajstić information content (AvgIpc) is 2.81. The highest BCUT2D eigenvalue weighted by atomic mass is 19.4. The van der Waals surface area contributed by atoms with Gasteiger partial charge >= 0.3 is 6.18 Å². The average molecular weight is 505 g/mol. The van der Waals surface area contributed by atoms with Gasteiger partial charge in [0.2, 0.25) is 11.2 Å². The summed E-state index contributed by atoms with van der Waals surface area (Å²) in [5.74, 6) is -2.50. The van der Waals surface area contributed by atoms with Gasteiger partial charge in [-0.05, 0) is 60.9 Å². The first-order chi connectivity index (χ1) is 16.9. The molecule has 1 aliphatic heterocycles. The molecule has 0 saturated carbocycles. The Bertz CT molecular complexity index is 1290. The van der Waals surface area contributed by atoms with Crippen LogP contribution in [0.25, 0.3) is 11.0 Å². The summed E-state index contributed by atoms with van der Waals surface area (Å²) in [6, 6.07) is 9.56. The van der Waals surface area contributed by atoms with Crippen molar-refractivity contribution < 1.29 is 32.3 Å². The van der Waals surface area contributed by atoms with E-state index in [1.807, 2.05) is 20.8 Å². The summed E-state index contributed by atoms with van der Waals surface area (Å²) in [5, 5.41) is 10.5. The first-order valence-electron chi connectivity index (χ1n) is 12.4. The Balaban J connectivity index is 1.82. The number of nitrogens with one attached hydrogen (secondary N) is 1. The zero-order chi connectivity index (χ0) is 26.3. The lowest BCUT2D eigenvalue weighted by molar-refractivity contribution is -0.944. The number of aromatic hydroxyl groups is 1. The molecule has 1 saturated heterocycles. The van der Waals surface area contributed by atoms with Crippen molar-refractivity contribution in [2.24, 2.45) is 0 Å². The third-order valence-electron chi connectivity index (χ3n) is 7.07. The Morgan fingerprint density at radius 2 is 1.78 bits per heavy atom. The number of fused-ring (bicyclic) bond motifs is 1. The van der Waals surface area contributed by atoms with Crippen LogP contribution in [-0.2, 0) is 18.1 Å². The standard InChI is InChI=1S/C28H32F3NO4/c1-5-18-8-6-7-15-32(18)16-21-22(33)14-13-20-23(34)25(26(28(29,30)31)36-24(20)21)35-19-11-9-17(10-12-19)27(2,3)4/h9-14,18,33H,5-8,15-16H2,1-4H3/p+1/t18-/m0/s1. The van der Waals surface area contributed by atoms with Gasteiger partial charge in [0.15, 0.2) is 5.58 Å². The van der Waals surface area contributed by atoms with Gasteiger partial charge in [0.05, 0.1) is 23.5 Å². The molecule has 0 aliphatic carbocycles. The number of likely N-dealkylation sites (tertiary alicyclic amines) is 1. The number of alkyl halides is 3. The topological polar surface area (TPSA) is 64.1 Å². The maximum Gasteiger partial charge on any atom is 0.453 e. The SMILES string of the molecule is CC[C@H]1CCCC[NH+]1Cc1c(O)ccc2c(=O)c(Oc3ccc(C(C)(C)C)cc3)c(C(F)(F)F)oc12. The van der Waals surface area contributed by atoms with E-state index in [2.05, 4.69) is 6.92 Å². The van der Waals surface area contributed by atoms with Crippen LogP contribution < -0.4 is 15.1 Å². The molecule has 1 aromatic heterocycles. The number of benzene rings is 2. The van der Waals surface area contributed by atoms with Crippen molar-refractivity contribution in [3.05, 3.63) is 63.5 Å². The predicted octanol–water partition coefficient (Wildman–Crippen LogP) is 5.95.